The smallest absolute Gasteiger partial charge is 0.229 e. The standard InChI is InChI=1S/C25H30N6O3S/c1-16-14-17(2)28-24(27-16)30-23(26-13-12-18-6-8-19(32-3)9-7-18)31-25(35)29-21-11-10-20(33-4)15-22(21)34-5/h6-11,14-15H,12-13H2,1-5H3,(H3,26,27,28,29,30,31,35). The molecule has 0 unspecified atom stereocenters. The molecule has 0 saturated heterocycles. The summed E-state index contributed by atoms with van der Waals surface area (Å²) in [5, 5.41) is 9.72. The van der Waals surface area contributed by atoms with Crippen molar-refractivity contribution in [1.82, 2.24) is 15.3 Å². The first-order valence-electron chi connectivity index (χ1n) is 11.0. The number of guanidine groups is 1. The second-order valence-corrected chi connectivity index (χ2v) is 7.98. The minimum Gasteiger partial charge on any atom is -0.497 e. The number of aryl methyl sites for hydroxylation is 2. The summed E-state index contributed by atoms with van der Waals surface area (Å²) in [5.74, 6) is 2.95. The van der Waals surface area contributed by atoms with Crippen molar-refractivity contribution in [2.75, 3.05) is 38.5 Å². The molecule has 0 aliphatic carbocycles. The van der Waals surface area contributed by atoms with Crippen LogP contribution in [0, 0.1) is 13.8 Å². The average molecular weight is 495 g/mol. The van der Waals surface area contributed by atoms with Gasteiger partial charge in [-0.05, 0) is 68.4 Å². The Bertz CT molecular complexity index is 1160. The van der Waals surface area contributed by atoms with Crippen LogP contribution in [0.1, 0.15) is 17.0 Å². The highest BCUT2D eigenvalue weighted by Crippen LogP contribution is 2.28. The van der Waals surface area contributed by atoms with E-state index in [1.807, 2.05) is 56.3 Å². The van der Waals surface area contributed by atoms with E-state index in [4.69, 9.17) is 26.4 Å². The summed E-state index contributed by atoms with van der Waals surface area (Å²) in [7, 11) is 4.83. The molecule has 9 nitrogen and oxygen atoms in total. The molecule has 3 N–H and O–H groups in total. The summed E-state index contributed by atoms with van der Waals surface area (Å²) >= 11 is 5.54. The Morgan fingerprint density at radius 2 is 1.51 bits per heavy atom. The molecule has 0 aliphatic heterocycles. The van der Waals surface area contributed by atoms with Crippen molar-refractivity contribution in [3.63, 3.8) is 0 Å². The molecule has 0 aliphatic rings. The number of ether oxygens (including phenoxy) is 3. The first-order chi connectivity index (χ1) is 16.9. The Hall–Kier alpha value is -3.92. The van der Waals surface area contributed by atoms with Crippen LogP contribution >= 0.6 is 12.2 Å². The number of nitrogens with zero attached hydrogens (tertiary/aromatic N) is 3. The van der Waals surface area contributed by atoms with Crippen LogP contribution < -0.4 is 30.2 Å². The third kappa shape index (κ3) is 7.82. The highest BCUT2D eigenvalue weighted by atomic mass is 32.1. The van der Waals surface area contributed by atoms with Crippen LogP contribution in [0.2, 0.25) is 0 Å². The zero-order valence-electron chi connectivity index (χ0n) is 20.5. The molecule has 3 aromatic rings. The molecule has 2 aromatic carbocycles. The quantitative estimate of drug-likeness (QED) is 0.242. The van der Waals surface area contributed by atoms with Crippen LogP contribution in [-0.2, 0) is 6.42 Å². The lowest BCUT2D eigenvalue weighted by molar-refractivity contribution is 0.395. The Morgan fingerprint density at radius 1 is 0.857 bits per heavy atom. The number of rotatable bonds is 8. The van der Waals surface area contributed by atoms with Crippen LogP contribution in [0.15, 0.2) is 53.5 Å². The molecular formula is C25H30N6O3S. The highest BCUT2D eigenvalue weighted by Gasteiger charge is 2.10. The van der Waals surface area contributed by atoms with Gasteiger partial charge in [0.1, 0.15) is 17.2 Å². The van der Waals surface area contributed by atoms with E-state index in [9.17, 15) is 0 Å². The van der Waals surface area contributed by atoms with Gasteiger partial charge in [-0.2, -0.15) is 0 Å². The van der Waals surface area contributed by atoms with E-state index in [2.05, 4.69) is 30.9 Å². The number of hydrogen-bond acceptors (Lipinski definition) is 7. The molecule has 35 heavy (non-hydrogen) atoms. The van der Waals surface area contributed by atoms with Gasteiger partial charge in [0.05, 0.1) is 27.0 Å². The minimum atomic E-state index is 0.327. The topological polar surface area (TPSA) is 102 Å². The molecule has 0 saturated carbocycles. The number of thiocarbonyl (C=S) groups is 1. The van der Waals surface area contributed by atoms with Gasteiger partial charge in [-0.25, -0.2) is 9.97 Å². The normalized spacial score (nSPS) is 10.9. The van der Waals surface area contributed by atoms with E-state index in [1.165, 1.54) is 0 Å². The molecule has 0 amide bonds. The van der Waals surface area contributed by atoms with Crippen molar-refractivity contribution in [2.24, 2.45) is 4.99 Å². The minimum absolute atomic E-state index is 0.327. The van der Waals surface area contributed by atoms with Gasteiger partial charge in [-0.3, -0.25) is 10.3 Å². The van der Waals surface area contributed by atoms with E-state index in [-0.39, 0.29) is 0 Å². The predicted molar refractivity (Wildman–Crippen MR) is 143 cm³/mol. The molecule has 1 heterocycles. The summed E-state index contributed by atoms with van der Waals surface area (Å²) in [6.07, 6.45) is 0.733. The van der Waals surface area contributed by atoms with Gasteiger partial charge >= 0.3 is 0 Å². The van der Waals surface area contributed by atoms with Crippen molar-refractivity contribution in [1.29, 1.82) is 0 Å². The van der Waals surface area contributed by atoms with Gasteiger partial charge in [-0.1, -0.05) is 12.1 Å². The van der Waals surface area contributed by atoms with E-state index >= 15 is 0 Å². The second-order valence-electron chi connectivity index (χ2n) is 7.57. The van der Waals surface area contributed by atoms with Gasteiger partial charge in [0.15, 0.2) is 5.11 Å². The predicted octanol–water partition coefficient (Wildman–Crippen LogP) is 4.12. The summed E-state index contributed by atoms with van der Waals surface area (Å²) in [5.41, 5.74) is 3.52. The third-order valence-corrected chi connectivity index (χ3v) is 5.13. The number of nitrogens with one attached hydrogen (secondary N) is 3. The van der Waals surface area contributed by atoms with E-state index in [0.29, 0.717) is 40.8 Å². The molecule has 0 fully saturated rings. The fourth-order valence-electron chi connectivity index (χ4n) is 3.25. The fourth-order valence-corrected chi connectivity index (χ4v) is 3.46. The van der Waals surface area contributed by atoms with Gasteiger partial charge in [0.25, 0.3) is 0 Å². The molecule has 10 heteroatoms. The lowest BCUT2D eigenvalue weighted by Gasteiger charge is -2.16. The number of benzene rings is 2. The van der Waals surface area contributed by atoms with Crippen molar-refractivity contribution >= 4 is 34.9 Å². The molecule has 1 aromatic heterocycles. The first-order valence-corrected chi connectivity index (χ1v) is 11.4. The number of aliphatic imine (C=N–C) groups is 1. The number of aromatic nitrogens is 2. The van der Waals surface area contributed by atoms with Crippen molar-refractivity contribution in [3.05, 3.63) is 65.5 Å². The summed E-state index contributed by atoms with van der Waals surface area (Å²) in [6, 6.07) is 15.2. The summed E-state index contributed by atoms with van der Waals surface area (Å²) in [6.45, 7) is 4.34. The van der Waals surface area contributed by atoms with Crippen molar-refractivity contribution < 1.29 is 14.2 Å². The lowest BCUT2D eigenvalue weighted by atomic mass is 10.1. The second kappa shape index (κ2) is 12.5. The van der Waals surface area contributed by atoms with Gasteiger partial charge in [-0.15, -0.1) is 0 Å². The zero-order chi connectivity index (χ0) is 25.2. The maximum Gasteiger partial charge on any atom is 0.229 e. The largest absolute Gasteiger partial charge is 0.497 e. The molecule has 0 atom stereocenters. The van der Waals surface area contributed by atoms with Gasteiger partial charge in [0.2, 0.25) is 11.9 Å². The van der Waals surface area contributed by atoms with Crippen LogP contribution in [0.25, 0.3) is 0 Å². The number of methoxy groups -OCH3 is 3. The van der Waals surface area contributed by atoms with Crippen molar-refractivity contribution in [3.8, 4) is 17.2 Å². The molecule has 0 spiro atoms. The monoisotopic (exact) mass is 494 g/mol. The molecular weight excluding hydrogens is 464 g/mol. The van der Waals surface area contributed by atoms with Crippen LogP contribution in [0.4, 0.5) is 11.6 Å². The fraction of sp³-hybridized carbons (Fsp3) is 0.280. The molecule has 0 bridgehead atoms. The summed E-state index contributed by atoms with van der Waals surface area (Å²) in [4.78, 5) is 13.6. The Morgan fingerprint density at radius 3 is 2.14 bits per heavy atom. The van der Waals surface area contributed by atoms with Crippen LogP contribution in [-0.4, -0.2) is 48.9 Å². The maximum atomic E-state index is 5.54. The molecule has 0 radical (unpaired) electrons. The Labute approximate surface area is 211 Å². The Kier molecular flexibility index (Phi) is 9.19. The zero-order valence-corrected chi connectivity index (χ0v) is 21.3. The Balaban J connectivity index is 1.74. The first kappa shape index (κ1) is 25.7. The molecule has 184 valence electrons. The van der Waals surface area contributed by atoms with E-state index < -0.39 is 0 Å². The van der Waals surface area contributed by atoms with Crippen LogP contribution in [0.5, 0.6) is 17.2 Å². The lowest BCUT2D eigenvalue weighted by Crippen LogP contribution is -2.39. The third-order valence-electron chi connectivity index (χ3n) is 4.93. The maximum absolute atomic E-state index is 5.54. The van der Waals surface area contributed by atoms with Gasteiger partial charge < -0.3 is 24.8 Å². The van der Waals surface area contributed by atoms with Crippen LogP contribution in [0.3, 0.4) is 0 Å². The number of hydrogen-bond donors (Lipinski definition) is 3. The van der Waals surface area contributed by atoms with Gasteiger partial charge in [0, 0.05) is 24.0 Å². The molecule has 3 rings (SSSR count). The van der Waals surface area contributed by atoms with E-state index in [0.717, 1.165) is 29.1 Å². The summed E-state index contributed by atoms with van der Waals surface area (Å²) < 4.78 is 15.9. The van der Waals surface area contributed by atoms with Crippen molar-refractivity contribution in [2.45, 2.75) is 20.3 Å². The average Bonchev–Trinajstić information content (AvgIpc) is 2.84. The SMILES string of the molecule is COc1ccc(CCN=C(NC(=S)Nc2ccc(OC)cc2OC)Nc2nc(C)cc(C)n2)cc1. The number of anilines is 2. The highest BCUT2D eigenvalue weighted by molar-refractivity contribution is 7.80. The van der Waals surface area contributed by atoms with E-state index in [1.54, 1.807) is 27.4 Å².